The van der Waals surface area contributed by atoms with E-state index in [0.29, 0.717) is 26.2 Å². The average Bonchev–Trinajstić information content (AvgIpc) is 3.12. The molecular weight excluding hydrogens is 940 g/mol. The Morgan fingerprint density at radius 2 is 0.614 bits per heavy atom. The van der Waals surface area contributed by atoms with Gasteiger partial charge in [-0.3, -0.25) is 19.6 Å². The van der Waals surface area contributed by atoms with E-state index in [2.05, 4.69) is 19.6 Å². The maximum absolute atomic E-state index is 13.6. The molecule has 0 aromatic heterocycles. The van der Waals surface area contributed by atoms with Crippen molar-refractivity contribution >= 4 is 44.9 Å². The minimum absolute atomic E-state index is 0. The minimum Gasteiger partial charge on any atom is -0.741 e. The van der Waals surface area contributed by atoms with E-state index in [4.69, 9.17) is 47.8 Å². The summed E-state index contributed by atoms with van der Waals surface area (Å²) in [6.07, 6.45) is 0. The summed E-state index contributed by atoms with van der Waals surface area (Å²) in [5.41, 5.74) is -1.43. The zero-order valence-electron chi connectivity index (χ0n) is 30.3. The molecule has 4 aromatic rings. The normalized spacial score (nSPS) is 15.6. The van der Waals surface area contributed by atoms with Gasteiger partial charge in [0, 0.05) is 78.5 Å². The fraction of sp³-hybridized carbons (Fsp3) is 0.368. The van der Waals surface area contributed by atoms with Crippen LogP contribution in [-0.4, -0.2) is 94.7 Å². The van der Waals surface area contributed by atoms with E-state index < -0.39 is 19.9 Å². The quantitative estimate of drug-likeness (QED) is 0.0577. The van der Waals surface area contributed by atoms with Gasteiger partial charge >= 0.3 is 27.9 Å². The van der Waals surface area contributed by atoms with E-state index in [1.54, 1.807) is 0 Å². The van der Waals surface area contributed by atoms with Crippen molar-refractivity contribution in [1.82, 2.24) is 19.6 Å². The van der Waals surface area contributed by atoms with E-state index in [1.165, 1.54) is 48.5 Å². The van der Waals surface area contributed by atoms with Crippen molar-refractivity contribution in [1.29, 1.82) is 0 Å². The summed E-state index contributed by atoms with van der Waals surface area (Å²) in [6, 6.07) is 26.7. The average molecular weight is 981 g/mol. The Morgan fingerprint density at radius 3 is 0.737 bits per heavy atom. The first-order chi connectivity index (χ1) is 26.4. The van der Waals surface area contributed by atoms with Crippen molar-refractivity contribution < 1.29 is 66.1 Å². The largest absolute Gasteiger partial charge is 1.00 e. The fourth-order valence-electron chi connectivity index (χ4n) is 5.60. The van der Waals surface area contributed by atoms with Crippen LogP contribution < -0.4 is 0 Å². The molecule has 5 rings (SSSR count). The molecule has 19 heteroatoms. The second kappa shape index (κ2) is 25.4. The second-order valence-electron chi connectivity index (χ2n) is 12.8. The van der Waals surface area contributed by atoms with Crippen LogP contribution in [0.4, 0.5) is 30.7 Å². The van der Waals surface area contributed by atoms with Crippen LogP contribution in [0.3, 0.4) is 0 Å². The van der Waals surface area contributed by atoms with Gasteiger partial charge in [-0.05, 0) is 70.8 Å². The zero-order valence-corrected chi connectivity index (χ0v) is 34.9. The number of hydrogen-bond donors (Lipinski definition) is 0. The third-order valence-electron chi connectivity index (χ3n) is 8.49. The van der Waals surface area contributed by atoms with Crippen LogP contribution in [0.15, 0.2) is 97.1 Å². The number of alkyl halides is 6. The van der Waals surface area contributed by atoms with Crippen LogP contribution in [0.25, 0.3) is 0 Å². The van der Waals surface area contributed by atoms with Crippen LogP contribution in [0, 0.1) is 23.3 Å². The molecule has 57 heavy (non-hydrogen) atoms. The molecule has 318 valence electrons. The Kier molecular flexibility index (Phi) is 22.7. The molecule has 0 N–H and O–H groups in total. The van der Waals surface area contributed by atoms with Crippen molar-refractivity contribution in [2.75, 3.05) is 52.4 Å². The Hall–Kier alpha value is -2.25. The first-order valence-electron chi connectivity index (χ1n) is 17.2. The summed E-state index contributed by atoms with van der Waals surface area (Å²) in [6.45, 7) is 9.25. The topological polar surface area (TPSA) is 70.2 Å². The second-order valence-corrected chi connectivity index (χ2v) is 16.1. The smallest absolute Gasteiger partial charge is 0.741 e. The van der Waals surface area contributed by atoms with Gasteiger partial charge in [0.1, 0.15) is 23.3 Å². The Labute approximate surface area is 359 Å². The Bertz CT molecular complexity index is 1590. The first kappa shape index (κ1) is 50.9. The molecule has 1 aliphatic heterocycles. The Morgan fingerprint density at radius 1 is 0.474 bits per heavy atom. The molecule has 0 aliphatic carbocycles. The summed E-state index contributed by atoms with van der Waals surface area (Å²) in [5, 5.41) is 0. The summed E-state index contributed by atoms with van der Waals surface area (Å²) in [4.78, 5) is 9.61. The maximum Gasteiger partial charge on any atom is 1.00 e. The summed E-state index contributed by atoms with van der Waals surface area (Å²) in [5.74, 6) is -0.987. The van der Waals surface area contributed by atoms with Crippen LogP contribution in [-0.2, 0) is 58.7 Å². The molecule has 1 fully saturated rings. The molecule has 0 amide bonds. The van der Waals surface area contributed by atoms with Gasteiger partial charge in [0.25, 0.3) is 0 Å². The van der Waals surface area contributed by atoms with Gasteiger partial charge in [0.2, 0.25) is 0 Å². The van der Waals surface area contributed by atoms with E-state index in [1.807, 2.05) is 48.5 Å². The maximum atomic E-state index is 13.6. The predicted octanol–water partition coefficient (Wildman–Crippen LogP) is 8.60. The minimum atomic E-state index is -6.09. The number of halogens is 10. The van der Waals surface area contributed by atoms with Gasteiger partial charge in [-0.1, -0.05) is 83.3 Å². The molecular formula is C38H41AgCl3F7N4O3S. The van der Waals surface area contributed by atoms with Crippen molar-refractivity contribution in [2.24, 2.45) is 0 Å². The van der Waals surface area contributed by atoms with Gasteiger partial charge in [-0.2, -0.15) is 13.2 Å². The number of nitrogens with zero attached hydrogens (tertiary/aromatic N) is 4. The molecule has 0 saturated carbocycles. The standard InChI is InChI=1S/C36H40F4N4.CHCl3.CHF3O3S.Ag/c37-33-9-1-29(2-10-33)25-41-17-19-42(26-30-3-11-34(38)12-4-30)21-23-44(28-32-7-15-36(40)16-8-32)24-22-43(20-18-41)27-31-5-13-35(39)14-6-31;2-1(3)4;2-1(3,4)8(5,6)7;/h1-16H,17-28H2;1H;(H,5,6,7);/q;;;+1/p-1. The van der Waals surface area contributed by atoms with E-state index in [-0.39, 0.29) is 45.6 Å². The molecule has 7 nitrogen and oxygen atoms in total. The van der Waals surface area contributed by atoms with Crippen LogP contribution in [0.5, 0.6) is 0 Å². The van der Waals surface area contributed by atoms with Crippen LogP contribution in [0.1, 0.15) is 22.3 Å². The van der Waals surface area contributed by atoms with Crippen molar-refractivity contribution in [3.63, 3.8) is 0 Å². The number of benzene rings is 4. The molecule has 0 atom stereocenters. The molecule has 0 radical (unpaired) electrons. The third-order valence-corrected chi connectivity index (χ3v) is 9.06. The first-order valence-corrected chi connectivity index (χ1v) is 19.9. The van der Waals surface area contributed by atoms with Gasteiger partial charge in [-0.15, -0.1) is 0 Å². The molecule has 0 spiro atoms. The molecule has 1 aliphatic rings. The number of hydrogen-bond acceptors (Lipinski definition) is 7. The fourth-order valence-corrected chi connectivity index (χ4v) is 5.60. The van der Waals surface area contributed by atoms with Gasteiger partial charge in [0.05, 0.1) is 0 Å². The van der Waals surface area contributed by atoms with Crippen molar-refractivity contribution in [3.8, 4) is 0 Å². The molecule has 4 aromatic carbocycles. The van der Waals surface area contributed by atoms with Gasteiger partial charge in [0.15, 0.2) is 14.4 Å². The van der Waals surface area contributed by atoms with Crippen molar-refractivity contribution in [2.45, 2.75) is 36.0 Å². The summed E-state index contributed by atoms with van der Waals surface area (Å²) in [7, 11) is -6.09. The predicted molar refractivity (Wildman–Crippen MR) is 204 cm³/mol. The van der Waals surface area contributed by atoms with E-state index in [9.17, 15) is 30.7 Å². The van der Waals surface area contributed by atoms with E-state index >= 15 is 0 Å². The van der Waals surface area contributed by atoms with Gasteiger partial charge in [-0.25, -0.2) is 26.0 Å². The SMILES string of the molecule is ClC(Cl)Cl.Fc1ccc(CN2CCN(Cc3ccc(F)cc3)CCN(Cc3ccc(F)cc3)CCN(Cc3ccc(F)cc3)CC2)cc1.O=S(=O)([O-])C(F)(F)F.[Ag+]. The third kappa shape index (κ3) is 21.0. The summed E-state index contributed by atoms with van der Waals surface area (Å²) < 4.78 is 113. The van der Waals surface area contributed by atoms with Crippen LogP contribution in [0.2, 0.25) is 0 Å². The van der Waals surface area contributed by atoms with Crippen LogP contribution >= 0.6 is 34.8 Å². The zero-order chi connectivity index (χ0) is 41.3. The molecule has 1 heterocycles. The summed E-state index contributed by atoms with van der Waals surface area (Å²) >= 11 is 14.4. The number of rotatable bonds is 8. The van der Waals surface area contributed by atoms with E-state index in [0.717, 1.165) is 74.6 Å². The molecule has 0 bridgehead atoms. The van der Waals surface area contributed by atoms with Crippen molar-refractivity contribution in [3.05, 3.63) is 143 Å². The molecule has 1 saturated heterocycles. The Balaban J connectivity index is 0.000000752. The molecule has 0 unspecified atom stereocenters. The van der Waals surface area contributed by atoms with Gasteiger partial charge < -0.3 is 4.55 Å². The monoisotopic (exact) mass is 978 g/mol.